The zero-order chi connectivity index (χ0) is 13.1. The second-order valence-electron chi connectivity index (χ2n) is 4.36. The van der Waals surface area contributed by atoms with E-state index >= 15 is 0 Å². The van der Waals surface area contributed by atoms with Gasteiger partial charge in [-0.05, 0) is 25.4 Å². The Labute approximate surface area is 105 Å². The lowest BCUT2D eigenvalue weighted by atomic mass is 10.1. The average molecular weight is 245 g/mol. The van der Waals surface area contributed by atoms with E-state index in [-0.39, 0.29) is 5.91 Å². The van der Waals surface area contributed by atoms with Gasteiger partial charge in [-0.25, -0.2) is 0 Å². The second-order valence-corrected chi connectivity index (χ2v) is 4.36. The fourth-order valence-corrected chi connectivity index (χ4v) is 1.52. The normalized spacial score (nSPS) is 12.8. The molecule has 3 N–H and O–H groups in total. The van der Waals surface area contributed by atoms with Gasteiger partial charge in [0, 0.05) is 26.8 Å². The van der Waals surface area contributed by atoms with Gasteiger partial charge in [0.05, 0.1) is 6.54 Å². The minimum atomic E-state index is 0.0761. The Balaban J connectivity index is 3.74. The highest BCUT2D eigenvalue weighted by atomic mass is 16.5. The van der Waals surface area contributed by atoms with Crippen LogP contribution in [-0.4, -0.2) is 57.2 Å². The Morgan fingerprint density at radius 2 is 2.24 bits per heavy atom. The van der Waals surface area contributed by atoms with Crippen LogP contribution in [0, 0.1) is 5.92 Å². The summed E-state index contributed by atoms with van der Waals surface area (Å²) in [5.74, 6) is 0.503. The Bertz CT molecular complexity index is 200. The monoisotopic (exact) mass is 245 g/mol. The molecule has 0 fully saturated rings. The summed E-state index contributed by atoms with van der Waals surface area (Å²) in [6, 6.07) is 0. The van der Waals surface area contributed by atoms with E-state index in [1.165, 1.54) is 0 Å². The third kappa shape index (κ3) is 9.09. The maximum atomic E-state index is 11.6. The first kappa shape index (κ1) is 16.4. The summed E-state index contributed by atoms with van der Waals surface area (Å²) < 4.78 is 4.92. The molecular formula is C12H27N3O2. The van der Waals surface area contributed by atoms with Crippen molar-refractivity contribution in [3.8, 4) is 0 Å². The molecule has 0 spiro atoms. The third-order valence-corrected chi connectivity index (χ3v) is 2.63. The van der Waals surface area contributed by atoms with Crippen LogP contribution in [0.1, 0.15) is 20.3 Å². The van der Waals surface area contributed by atoms with Crippen molar-refractivity contribution in [2.75, 3.05) is 46.4 Å². The molecule has 1 atom stereocenters. The Morgan fingerprint density at radius 1 is 1.53 bits per heavy atom. The van der Waals surface area contributed by atoms with E-state index in [2.05, 4.69) is 24.1 Å². The highest BCUT2D eigenvalue weighted by molar-refractivity contribution is 5.77. The minimum absolute atomic E-state index is 0.0761. The first-order valence-electron chi connectivity index (χ1n) is 6.32. The van der Waals surface area contributed by atoms with Crippen molar-refractivity contribution >= 4 is 5.91 Å². The van der Waals surface area contributed by atoms with E-state index in [1.807, 2.05) is 0 Å². The Hall–Kier alpha value is -0.650. The van der Waals surface area contributed by atoms with Gasteiger partial charge in [-0.2, -0.15) is 0 Å². The lowest BCUT2D eigenvalue weighted by molar-refractivity contribution is -0.122. The predicted octanol–water partition coefficient (Wildman–Crippen LogP) is 0.0558. The van der Waals surface area contributed by atoms with Crippen LogP contribution in [0.2, 0.25) is 0 Å². The van der Waals surface area contributed by atoms with Crippen molar-refractivity contribution in [1.82, 2.24) is 10.2 Å². The molecule has 17 heavy (non-hydrogen) atoms. The van der Waals surface area contributed by atoms with E-state index in [9.17, 15) is 4.79 Å². The number of hydrogen-bond acceptors (Lipinski definition) is 4. The lowest BCUT2D eigenvalue weighted by Gasteiger charge is -2.22. The molecule has 0 aromatic rings. The zero-order valence-corrected chi connectivity index (χ0v) is 11.4. The molecule has 0 heterocycles. The number of hydrogen-bond donors (Lipinski definition) is 2. The van der Waals surface area contributed by atoms with Crippen molar-refractivity contribution in [1.29, 1.82) is 0 Å². The number of methoxy groups -OCH3 is 1. The summed E-state index contributed by atoms with van der Waals surface area (Å²) in [6.07, 6.45) is 0.855. The smallest absolute Gasteiger partial charge is 0.234 e. The molecule has 0 aliphatic carbocycles. The highest BCUT2D eigenvalue weighted by Gasteiger charge is 2.11. The third-order valence-electron chi connectivity index (χ3n) is 2.63. The zero-order valence-electron chi connectivity index (χ0n) is 11.4. The van der Waals surface area contributed by atoms with Gasteiger partial charge in [0.15, 0.2) is 0 Å². The van der Waals surface area contributed by atoms with E-state index in [0.717, 1.165) is 19.5 Å². The van der Waals surface area contributed by atoms with Gasteiger partial charge in [-0.1, -0.05) is 13.8 Å². The molecular weight excluding hydrogens is 218 g/mol. The van der Waals surface area contributed by atoms with Crippen LogP contribution in [0.5, 0.6) is 0 Å². The quantitative estimate of drug-likeness (QED) is 0.534. The van der Waals surface area contributed by atoms with Gasteiger partial charge in [0.2, 0.25) is 5.91 Å². The van der Waals surface area contributed by atoms with E-state index in [1.54, 1.807) is 7.11 Å². The molecule has 0 radical (unpaired) electrons. The lowest BCUT2D eigenvalue weighted by Crippen LogP contribution is -2.40. The summed E-state index contributed by atoms with van der Waals surface area (Å²) in [7, 11) is 1.66. The number of carbonyl (C=O) groups is 1. The van der Waals surface area contributed by atoms with Crippen LogP contribution in [0.25, 0.3) is 0 Å². The summed E-state index contributed by atoms with van der Waals surface area (Å²) in [5.41, 5.74) is 5.58. The van der Waals surface area contributed by atoms with Gasteiger partial charge < -0.3 is 15.8 Å². The van der Waals surface area contributed by atoms with Crippen molar-refractivity contribution in [2.24, 2.45) is 11.7 Å². The molecule has 0 saturated heterocycles. The molecule has 0 bridgehead atoms. The van der Waals surface area contributed by atoms with Gasteiger partial charge in [-0.15, -0.1) is 0 Å². The first-order valence-corrected chi connectivity index (χ1v) is 6.32. The number of carbonyl (C=O) groups excluding carboxylic acids is 1. The van der Waals surface area contributed by atoms with Crippen molar-refractivity contribution in [2.45, 2.75) is 20.3 Å². The first-order chi connectivity index (χ1) is 8.13. The van der Waals surface area contributed by atoms with Crippen molar-refractivity contribution < 1.29 is 9.53 Å². The summed E-state index contributed by atoms with van der Waals surface area (Å²) in [6.45, 7) is 8.37. The minimum Gasteiger partial charge on any atom is -0.385 e. The Kier molecular flexibility index (Phi) is 10.1. The number of nitrogens with zero attached hydrogens (tertiary/aromatic N) is 1. The molecule has 5 heteroatoms. The standard InChI is InChI=1S/C12H27N3O2/c1-4-15(9-11(2)8-13)10-12(16)14-6-5-7-17-3/h11H,4-10,13H2,1-3H3,(H,14,16). The molecule has 102 valence electrons. The fourth-order valence-electron chi connectivity index (χ4n) is 1.52. The molecule has 0 saturated carbocycles. The number of nitrogens with one attached hydrogen (secondary N) is 1. The van der Waals surface area contributed by atoms with Crippen molar-refractivity contribution in [3.05, 3.63) is 0 Å². The van der Waals surface area contributed by atoms with Crippen LogP contribution < -0.4 is 11.1 Å². The molecule has 0 aliphatic rings. The van der Waals surface area contributed by atoms with Crippen LogP contribution in [0.4, 0.5) is 0 Å². The average Bonchev–Trinajstić information content (AvgIpc) is 2.33. The van der Waals surface area contributed by atoms with Gasteiger partial charge in [0.1, 0.15) is 0 Å². The number of likely N-dealkylation sites (N-methyl/N-ethyl adjacent to an activating group) is 1. The number of amides is 1. The molecule has 0 aromatic heterocycles. The maximum Gasteiger partial charge on any atom is 0.234 e. The van der Waals surface area contributed by atoms with Crippen LogP contribution >= 0.6 is 0 Å². The molecule has 0 aromatic carbocycles. The maximum absolute atomic E-state index is 11.6. The predicted molar refractivity (Wildman–Crippen MR) is 69.8 cm³/mol. The van der Waals surface area contributed by atoms with Crippen LogP contribution in [-0.2, 0) is 9.53 Å². The molecule has 1 unspecified atom stereocenters. The largest absolute Gasteiger partial charge is 0.385 e. The van der Waals surface area contributed by atoms with E-state index in [4.69, 9.17) is 10.5 Å². The van der Waals surface area contributed by atoms with Crippen LogP contribution in [0.3, 0.4) is 0 Å². The van der Waals surface area contributed by atoms with Crippen LogP contribution in [0.15, 0.2) is 0 Å². The van der Waals surface area contributed by atoms with Gasteiger partial charge in [0.25, 0.3) is 0 Å². The van der Waals surface area contributed by atoms with E-state index < -0.39 is 0 Å². The van der Waals surface area contributed by atoms with Gasteiger partial charge >= 0.3 is 0 Å². The van der Waals surface area contributed by atoms with Gasteiger partial charge in [-0.3, -0.25) is 9.69 Å². The Morgan fingerprint density at radius 3 is 2.76 bits per heavy atom. The second kappa shape index (κ2) is 10.5. The highest BCUT2D eigenvalue weighted by Crippen LogP contribution is 1.97. The SMILES string of the molecule is CCN(CC(=O)NCCCOC)CC(C)CN. The molecule has 0 rings (SSSR count). The molecule has 0 aliphatic heterocycles. The molecule has 5 nitrogen and oxygen atoms in total. The van der Waals surface area contributed by atoms with E-state index in [0.29, 0.717) is 32.2 Å². The van der Waals surface area contributed by atoms with Crippen molar-refractivity contribution in [3.63, 3.8) is 0 Å². The topological polar surface area (TPSA) is 67.6 Å². The summed E-state index contributed by atoms with van der Waals surface area (Å²) >= 11 is 0. The summed E-state index contributed by atoms with van der Waals surface area (Å²) in [5, 5.41) is 2.88. The number of ether oxygens (including phenoxy) is 1. The molecule has 1 amide bonds. The fraction of sp³-hybridized carbons (Fsp3) is 0.917. The summed E-state index contributed by atoms with van der Waals surface area (Å²) in [4.78, 5) is 13.7. The number of rotatable bonds is 10. The number of nitrogens with two attached hydrogens (primary N) is 1.